The molecule has 0 heterocycles. The molecule has 0 aromatic heterocycles. The van der Waals surface area contributed by atoms with Crippen molar-refractivity contribution in [2.24, 2.45) is 5.92 Å². The zero-order valence-electron chi connectivity index (χ0n) is 15.9. The Balaban J connectivity index is 1.71. The molecule has 0 bridgehead atoms. The van der Waals surface area contributed by atoms with Crippen LogP contribution in [0.4, 0.5) is 4.79 Å². The summed E-state index contributed by atoms with van der Waals surface area (Å²) >= 11 is 0. The second-order valence-corrected chi connectivity index (χ2v) is 6.86. The Bertz CT molecular complexity index is 787. The Labute approximate surface area is 159 Å². The molecule has 2 aromatic carbocycles. The maximum absolute atomic E-state index is 12.3. The van der Waals surface area contributed by atoms with Crippen molar-refractivity contribution in [1.29, 1.82) is 0 Å². The summed E-state index contributed by atoms with van der Waals surface area (Å²) in [6.07, 6.45) is 0.135. The molecule has 1 aliphatic rings. The van der Waals surface area contributed by atoms with Crippen LogP contribution >= 0.6 is 0 Å². The summed E-state index contributed by atoms with van der Waals surface area (Å²) in [7, 11) is 1.32. The van der Waals surface area contributed by atoms with Crippen LogP contribution in [0.1, 0.15) is 37.3 Å². The highest BCUT2D eigenvalue weighted by atomic mass is 16.6. The molecule has 2 aromatic rings. The van der Waals surface area contributed by atoms with Crippen molar-refractivity contribution in [3.05, 3.63) is 59.7 Å². The lowest BCUT2D eigenvalue weighted by Crippen LogP contribution is -2.46. The fourth-order valence-corrected chi connectivity index (χ4v) is 3.56. The van der Waals surface area contributed by atoms with Crippen LogP contribution in [-0.4, -0.2) is 31.8 Å². The summed E-state index contributed by atoms with van der Waals surface area (Å²) in [5.74, 6) is -0.515. The Kier molecular flexibility index (Phi) is 5.79. The third kappa shape index (κ3) is 3.82. The van der Waals surface area contributed by atoms with Gasteiger partial charge in [0.15, 0.2) is 0 Å². The lowest BCUT2D eigenvalue weighted by atomic mass is 9.98. The minimum atomic E-state index is -0.712. The summed E-state index contributed by atoms with van der Waals surface area (Å²) in [4.78, 5) is 24.3. The molecular weight excluding hydrogens is 342 g/mol. The van der Waals surface area contributed by atoms with E-state index in [9.17, 15) is 9.59 Å². The molecule has 1 amide bonds. The average Bonchev–Trinajstić information content (AvgIpc) is 3.03. The summed E-state index contributed by atoms with van der Waals surface area (Å²) < 4.78 is 10.3. The second kappa shape index (κ2) is 8.25. The van der Waals surface area contributed by atoms with Gasteiger partial charge in [-0.1, -0.05) is 68.8 Å². The van der Waals surface area contributed by atoms with E-state index in [1.54, 1.807) is 0 Å². The predicted molar refractivity (Wildman–Crippen MR) is 103 cm³/mol. The molecule has 2 atom stereocenters. The van der Waals surface area contributed by atoms with Crippen LogP contribution in [0.3, 0.4) is 0 Å². The largest absolute Gasteiger partial charge is 0.467 e. The normalized spacial score (nSPS) is 14.6. The number of ether oxygens (including phenoxy) is 2. The number of fused-ring (bicyclic) bond motifs is 3. The first kappa shape index (κ1) is 19.0. The molecule has 27 heavy (non-hydrogen) atoms. The fraction of sp³-hybridized carbons (Fsp3) is 0.364. The number of carbonyl (C=O) groups is 2. The predicted octanol–water partition coefficient (Wildman–Crippen LogP) is 4.11. The van der Waals surface area contributed by atoms with Gasteiger partial charge in [0, 0.05) is 5.92 Å². The van der Waals surface area contributed by atoms with E-state index in [0.717, 1.165) is 17.5 Å². The number of alkyl carbamates (subject to hydrolysis) is 1. The molecule has 0 aliphatic heterocycles. The van der Waals surface area contributed by atoms with E-state index >= 15 is 0 Å². The number of carbonyl (C=O) groups excluding carboxylic acids is 2. The number of esters is 1. The molecule has 0 saturated carbocycles. The molecular formula is C22H25NO4. The van der Waals surface area contributed by atoms with Crippen LogP contribution in [0, 0.1) is 5.92 Å². The van der Waals surface area contributed by atoms with Gasteiger partial charge in [-0.05, 0) is 28.2 Å². The average molecular weight is 367 g/mol. The highest BCUT2D eigenvalue weighted by molar-refractivity contribution is 5.82. The van der Waals surface area contributed by atoms with Crippen LogP contribution in [0.15, 0.2) is 48.5 Å². The van der Waals surface area contributed by atoms with Gasteiger partial charge in [-0.2, -0.15) is 0 Å². The zero-order chi connectivity index (χ0) is 19.4. The first-order valence-corrected chi connectivity index (χ1v) is 9.26. The maximum atomic E-state index is 12.3. The lowest BCUT2D eigenvalue weighted by Gasteiger charge is -2.22. The van der Waals surface area contributed by atoms with Crippen molar-refractivity contribution in [3.63, 3.8) is 0 Å². The van der Waals surface area contributed by atoms with Crippen molar-refractivity contribution < 1.29 is 19.1 Å². The zero-order valence-corrected chi connectivity index (χ0v) is 15.9. The van der Waals surface area contributed by atoms with Crippen LogP contribution in [0.25, 0.3) is 11.1 Å². The fourth-order valence-electron chi connectivity index (χ4n) is 3.56. The number of amides is 1. The van der Waals surface area contributed by atoms with Crippen LogP contribution in [-0.2, 0) is 14.3 Å². The molecule has 0 radical (unpaired) electrons. The maximum Gasteiger partial charge on any atom is 0.407 e. The van der Waals surface area contributed by atoms with Crippen LogP contribution in [0.2, 0.25) is 0 Å². The van der Waals surface area contributed by atoms with E-state index in [-0.39, 0.29) is 18.4 Å². The van der Waals surface area contributed by atoms with Gasteiger partial charge < -0.3 is 14.8 Å². The molecule has 142 valence electrons. The quantitative estimate of drug-likeness (QED) is 0.780. The van der Waals surface area contributed by atoms with E-state index < -0.39 is 18.1 Å². The van der Waals surface area contributed by atoms with Gasteiger partial charge in [-0.15, -0.1) is 0 Å². The number of benzene rings is 2. The smallest absolute Gasteiger partial charge is 0.407 e. The SMILES string of the molecule is CC[C@H](C)[C@@H](NC(=O)OCC1c2ccccc2-c2ccccc21)C(=O)OC. The summed E-state index contributed by atoms with van der Waals surface area (Å²) in [5, 5.41) is 2.65. The van der Waals surface area contributed by atoms with E-state index in [4.69, 9.17) is 9.47 Å². The Morgan fingerprint density at radius 1 is 1.04 bits per heavy atom. The molecule has 0 spiro atoms. The molecule has 3 rings (SSSR count). The Morgan fingerprint density at radius 2 is 1.59 bits per heavy atom. The third-order valence-corrected chi connectivity index (χ3v) is 5.29. The summed E-state index contributed by atoms with van der Waals surface area (Å²) in [6.45, 7) is 4.07. The number of nitrogens with one attached hydrogen (secondary N) is 1. The summed E-state index contributed by atoms with van der Waals surface area (Å²) in [5.41, 5.74) is 4.65. The number of hydrogen-bond donors (Lipinski definition) is 1. The van der Waals surface area contributed by atoms with Crippen molar-refractivity contribution in [3.8, 4) is 11.1 Å². The molecule has 1 aliphatic carbocycles. The minimum absolute atomic E-state index is 0.0108. The van der Waals surface area contributed by atoms with Crippen molar-refractivity contribution >= 4 is 12.1 Å². The topological polar surface area (TPSA) is 64.6 Å². The first-order valence-electron chi connectivity index (χ1n) is 9.26. The lowest BCUT2D eigenvalue weighted by molar-refractivity contribution is -0.144. The Morgan fingerprint density at radius 3 is 2.11 bits per heavy atom. The van der Waals surface area contributed by atoms with Crippen molar-refractivity contribution in [1.82, 2.24) is 5.32 Å². The molecule has 0 fully saturated rings. The molecule has 5 nitrogen and oxygen atoms in total. The van der Waals surface area contributed by atoms with Crippen LogP contribution in [0.5, 0.6) is 0 Å². The van der Waals surface area contributed by atoms with E-state index in [1.807, 2.05) is 38.1 Å². The number of hydrogen-bond acceptors (Lipinski definition) is 4. The standard InChI is InChI=1S/C22H25NO4/c1-4-14(2)20(21(24)26-3)23-22(25)27-13-19-17-11-7-5-9-15(17)16-10-6-8-12-18(16)19/h5-12,14,19-20H,4,13H2,1-3H3,(H,23,25)/t14-,20+/m0/s1. The Hall–Kier alpha value is -2.82. The highest BCUT2D eigenvalue weighted by Gasteiger charge is 2.31. The van der Waals surface area contributed by atoms with Gasteiger partial charge in [-0.25, -0.2) is 9.59 Å². The molecule has 0 saturated heterocycles. The van der Waals surface area contributed by atoms with Crippen molar-refractivity contribution in [2.45, 2.75) is 32.2 Å². The van der Waals surface area contributed by atoms with Gasteiger partial charge in [0.25, 0.3) is 0 Å². The number of rotatable bonds is 6. The molecule has 0 unspecified atom stereocenters. The van der Waals surface area contributed by atoms with Gasteiger partial charge in [-0.3, -0.25) is 0 Å². The first-order chi connectivity index (χ1) is 13.1. The van der Waals surface area contributed by atoms with E-state index in [1.165, 1.54) is 18.2 Å². The third-order valence-electron chi connectivity index (χ3n) is 5.29. The number of methoxy groups -OCH3 is 1. The molecule has 5 heteroatoms. The highest BCUT2D eigenvalue weighted by Crippen LogP contribution is 2.44. The van der Waals surface area contributed by atoms with E-state index in [2.05, 4.69) is 29.6 Å². The van der Waals surface area contributed by atoms with Gasteiger partial charge in [0.1, 0.15) is 12.6 Å². The second-order valence-electron chi connectivity index (χ2n) is 6.86. The van der Waals surface area contributed by atoms with Crippen molar-refractivity contribution in [2.75, 3.05) is 13.7 Å². The monoisotopic (exact) mass is 367 g/mol. The molecule has 1 N–H and O–H groups in total. The summed E-state index contributed by atoms with van der Waals surface area (Å²) in [6, 6.07) is 15.6. The van der Waals surface area contributed by atoms with Gasteiger partial charge in [0.05, 0.1) is 7.11 Å². The van der Waals surface area contributed by atoms with Crippen LogP contribution < -0.4 is 5.32 Å². The van der Waals surface area contributed by atoms with Gasteiger partial charge in [0.2, 0.25) is 0 Å². The van der Waals surface area contributed by atoms with E-state index in [0.29, 0.717) is 0 Å². The van der Waals surface area contributed by atoms with Gasteiger partial charge >= 0.3 is 12.1 Å². The minimum Gasteiger partial charge on any atom is -0.467 e.